The van der Waals surface area contributed by atoms with Gasteiger partial charge in [0, 0.05) is 18.4 Å². The smallest absolute Gasteiger partial charge is 0.373 e. The third-order valence-electron chi connectivity index (χ3n) is 2.96. The number of hydrogen-bond acceptors (Lipinski definition) is 7. The molecule has 0 aromatic carbocycles. The van der Waals surface area contributed by atoms with Crippen molar-refractivity contribution < 1.29 is 33.5 Å². The number of rotatable bonds is 5. The average molecular weight is 370 g/mol. The Morgan fingerprint density at radius 3 is 2.04 bits per heavy atom. The van der Waals surface area contributed by atoms with E-state index in [1.54, 1.807) is 6.92 Å². The fourth-order valence-corrected chi connectivity index (χ4v) is 1.88. The third-order valence-corrected chi connectivity index (χ3v) is 2.96. The summed E-state index contributed by atoms with van der Waals surface area (Å²) in [7, 11) is 0. The molecule has 148 valence electrons. The highest BCUT2D eigenvalue weighted by molar-refractivity contribution is 6.02. The summed E-state index contributed by atoms with van der Waals surface area (Å²) in [6.45, 7) is 10.6. The number of Topliss-reactive ketones (excluding diaryl/α,β-unsaturated/α-hetero) is 3. The second-order valence-corrected chi connectivity index (χ2v) is 5.51. The number of carbonyl (C=O) groups is 4. The second-order valence-electron chi connectivity index (χ2n) is 5.51. The Balaban J connectivity index is -0.000000321. The fourth-order valence-electron chi connectivity index (χ4n) is 1.88. The van der Waals surface area contributed by atoms with Crippen molar-refractivity contribution in [1.29, 1.82) is 0 Å². The Bertz CT molecular complexity index is 470. The zero-order valence-electron chi connectivity index (χ0n) is 16.2. The SMILES string of the molecule is C=CC(=O)OCC.CC(C)=O.CCCCC1CCC(=O)CC1=O.O=C=O. The van der Waals surface area contributed by atoms with Crippen LogP contribution in [0, 0.1) is 5.92 Å². The average Bonchev–Trinajstić information content (AvgIpc) is 2.55. The molecule has 1 aliphatic rings. The van der Waals surface area contributed by atoms with Gasteiger partial charge in [0.2, 0.25) is 0 Å². The Labute approximate surface area is 155 Å². The summed E-state index contributed by atoms with van der Waals surface area (Å²) in [6, 6.07) is 0. The zero-order chi connectivity index (χ0) is 21.0. The number of esters is 1. The predicted molar refractivity (Wildman–Crippen MR) is 95.1 cm³/mol. The van der Waals surface area contributed by atoms with Crippen molar-refractivity contribution in [3.63, 3.8) is 0 Å². The first-order chi connectivity index (χ1) is 12.2. The van der Waals surface area contributed by atoms with E-state index in [0.29, 0.717) is 13.0 Å². The van der Waals surface area contributed by atoms with Gasteiger partial charge in [-0.25, -0.2) is 4.79 Å². The molecule has 0 radical (unpaired) electrons. The van der Waals surface area contributed by atoms with Crippen molar-refractivity contribution in [2.45, 2.75) is 66.2 Å². The highest BCUT2D eigenvalue weighted by atomic mass is 16.5. The maximum absolute atomic E-state index is 11.3. The van der Waals surface area contributed by atoms with Crippen LogP contribution >= 0.6 is 0 Å². The summed E-state index contributed by atoms with van der Waals surface area (Å²) >= 11 is 0. The molecule has 26 heavy (non-hydrogen) atoms. The minimum atomic E-state index is -0.359. The van der Waals surface area contributed by atoms with Gasteiger partial charge in [0.15, 0.2) is 0 Å². The predicted octanol–water partition coefficient (Wildman–Crippen LogP) is 2.86. The number of ketones is 3. The van der Waals surface area contributed by atoms with Gasteiger partial charge >= 0.3 is 12.1 Å². The largest absolute Gasteiger partial charge is 0.463 e. The van der Waals surface area contributed by atoms with Crippen LogP contribution in [0.2, 0.25) is 0 Å². The van der Waals surface area contributed by atoms with Gasteiger partial charge in [-0.1, -0.05) is 26.3 Å². The van der Waals surface area contributed by atoms with Gasteiger partial charge < -0.3 is 9.53 Å². The van der Waals surface area contributed by atoms with Crippen LogP contribution in [-0.4, -0.2) is 36.1 Å². The molecule has 1 fully saturated rings. The first-order valence-corrected chi connectivity index (χ1v) is 8.49. The van der Waals surface area contributed by atoms with Crippen LogP contribution < -0.4 is 0 Å². The molecule has 1 aliphatic carbocycles. The number of ether oxygens (including phenoxy) is 1. The minimum absolute atomic E-state index is 0.132. The topological polar surface area (TPSA) is 112 Å². The monoisotopic (exact) mass is 370 g/mol. The van der Waals surface area contributed by atoms with Crippen LogP contribution in [-0.2, 0) is 33.5 Å². The van der Waals surface area contributed by atoms with E-state index in [-0.39, 0.29) is 41.8 Å². The van der Waals surface area contributed by atoms with Crippen LogP contribution in [0.25, 0.3) is 0 Å². The molecule has 0 heterocycles. The summed E-state index contributed by atoms with van der Waals surface area (Å²) in [6.07, 6.45) is 6.26. The van der Waals surface area contributed by atoms with E-state index in [2.05, 4.69) is 18.2 Å². The summed E-state index contributed by atoms with van der Waals surface area (Å²) in [5.74, 6) is 0.317. The lowest BCUT2D eigenvalue weighted by molar-refractivity contribution is -0.191. The first kappa shape index (κ1) is 28.4. The van der Waals surface area contributed by atoms with E-state index in [1.807, 2.05) is 0 Å². The molecule has 7 heteroatoms. The van der Waals surface area contributed by atoms with Crippen LogP contribution in [0.5, 0.6) is 0 Å². The lowest BCUT2D eigenvalue weighted by Crippen LogP contribution is -2.24. The third kappa shape index (κ3) is 23.9. The Morgan fingerprint density at radius 2 is 1.73 bits per heavy atom. The van der Waals surface area contributed by atoms with Crippen molar-refractivity contribution in [2.24, 2.45) is 5.92 Å². The van der Waals surface area contributed by atoms with E-state index in [0.717, 1.165) is 31.8 Å². The molecule has 0 aromatic rings. The second kappa shape index (κ2) is 20.6. The molecule has 0 spiro atoms. The zero-order valence-corrected chi connectivity index (χ0v) is 16.2. The summed E-state index contributed by atoms with van der Waals surface area (Å²) < 4.78 is 4.43. The minimum Gasteiger partial charge on any atom is -0.463 e. The quantitative estimate of drug-likeness (QED) is 0.415. The summed E-state index contributed by atoms with van der Waals surface area (Å²) in [5, 5.41) is 0. The molecule has 0 bridgehead atoms. The molecule has 7 nitrogen and oxygen atoms in total. The Hall–Kier alpha value is -2.40. The first-order valence-electron chi connectivity index (χ1n) is 8.49. The lowest BCUT2D eigenvalue weighted by atomic mass is 9.84. The highest BCUT2D eigenvalue weighted by Crippen LogP contribution is 2.22. The van der Waals surface area contributed by atoms with E-state index >= 15 is 0 Å². The molecule has 1 atom stereocenters. The van der Waals surface area contributed by atoms with Crippen molar-refractivity contribution in [3.05, 3.63) is 12.7 Å². The Morgan fingerprint density at radius 1 is 1.23 bits per heavy atom. The van der Waals surface area contributed by atoms with Crippen molar-refractivity contribution in [3.8, 4) is 0 Å². The van der Waals surface area contributed by atoms with E-state index in [9.17, 15) is 19.2 Å². The molecular weight excluding hydrogens is 340 g/mol. The normalized spacial score (nSPS) is 14.7. The molecule has 1 rings (SSSR count). The lowest BCUT2D eigenvalue weighted by Gasteiger charge is -2.18. The van der Waals surface area contributed by atoms with Crippen molar-refractivity contribution >= 4 is 29.5 Å². The van der Waals surface area contributed by atoms with Gasteiger partial charge in [-0.2, -0.15) is 9.59 Å². The molecule has 0 aromatic heterocycles. The van der Waals surface area contributed by atoms with Crippen molar-refractivity contribution in [2.75, 3.05) is 6.61 Å². The Kier molecular flexibility index (Phi) is 22.6. The standard InChI is InChI=1S/C10H16O2.C5H8O2.C3H6O.CO2/c1-2-3-4-8-5-6-9(11)7-10(8)12;1-3-5(6)7-4-2;1-3(2)4;2-1-3/h8H,2-7H2,1H3;3H,1,4H2,2H3;1-2H3;. The van der Waals surface area contributed by atoms with Gasteiger partial charge in [0.25, 0.3) is 0 Å². The van der Waals surface area contributed by atoms with E-state index < -0.39 is 0 Å². The fraction of sp³-hybridized carbons (Fsp3) is 0.632. The maximum Gasteiger partial charge on any atom is 0.373 e. The molecule has 0 amide bonds. The highest BCUT2D eigenvalue weighted by Gasteiger charge is 2.25. The summed E-state index contributed by atoms with van der Waals surface area (Å²) in [5.41, 5.74) is 0. The summed E-state index contributed by atoms with van der Waals surface area (Å²) in [4.78, 5) is 57.9. The van der Waals surface area contributed by atoms with Crippen LogP contribution in [0.3, 0.4) is 0 Å². The molecule has 0 saturated heterocycles. The molecule has 1 saturated carbocycles. The molecule has 0 aliphatic heterocycles. The molecule has 0 N–H and O–H groups in total. The van der Waals surface area contributed by atoms with E-state index in [4.69, 9.17) is 9.59 Å². The maximum atomic E-state index is 11.3. The van der Waals surface area contributed by atoms with Crippen LogP contribution in [0.15, 0.2) is 12.7 Å². The van der Waals surface area contributed by atoms with Gasteiger partial charge in [-0.3, -0.25) is 9.59 Å². The van der Waals surface area contributed by atoms with Gasteiger partial charge in [-0.05, 0) is 33.6 Å². The molecule has 1 unspecified atom stereocenters. The molecular formula is C19H30O7. The van der Waals surface area contributed by atoms with Crippen LogP contribution in [0.4, 0.5) is 0 Å². The van der Waals surface area contributed by atoms with Crippen LogP contribution in [0.1, 0.15) is 66.2 Å². The number of carbonyl (C=O) groups excluding carboxylic acids is 6. The number of unbranched alkanes of at least 4 members (excludes halogenated alkanes) is 1. The van der Waals surface area contributed by atoms with Gasteiger partial charge in [-0.15, -0.1) is 0 Å². The van der Waals surface area contributed by atoms with Gasteiger partial charge in [0.05, 0.1) is 13.0 Å². The van der Waals surface area contributed by atoms with Crippen molar-refractivity contribution in [1.82, 2.24) is 0 Å². The van der Waals surface area contributed by atoms with E-state index in [1.165, 1.54) is 13.8 Å². The van der Waals surface area contributed by atoms with Gasteiger partial charge in [0.1, 0.15) is 17.3 Å². The number of hydrogen-bond donors (Lipinski definition) is 0.